The highest BCUT2D eigenvalue weighted by Gasteiger charge is 2.18. The third kappa shape index (κ3) is 1.93. The van der Waals surface area contributed by atoms with Crippen molar-refractivity contribution >= 4 is 11.2 Å². The third-order valence-corrected chi connectivity index (χ3v) is 3.26. The van der Waals surface area contributed by atoms with Gasteiger partial charge < -0.3 is 4.42 Å². The van der Waals surface area contributed by atoms with Crippen molar-refractivity contribution in [2.24, 2.45) is 0 Å². The van der Waals surface area contributed by atoms with Gasteiger partial charge in [-0.25, -0.2) is 9.97 Å². The van der Waals surface area contributed by atoms with Gasteiger partial charge >= 0.3 is 0 Å². The van der Waals surface area contributed by atoms with E-state index in [0.717, 1.165) is 22.9 Å². The van der Waals surface area contributed by atoms with Crippen LogP contribution in [0.4, 0.5) is 0 Å². The first-order valence-corrected chi connectivity index (χ1v) is 6.36. The zero-order valence-corrected chi connectivity index (χ0v) is 11.6. The van der Waals surface area contributed by atoms with Crippen LogP contribution in [0.1, 0.15) is 32.2 Å². The second-order valence-corrected chi connectivity index (χ2v) is 5.76. The van der Waals surface area contributed by atoms with Crippen LogP contribution in [-0.4, -0.2) is 14.5 Å². The molecule has 0 aliphatic carbocycles. The van der Waals surface area contributed by atoms with Gasteiger partial charge in [-0.3, -0.25) is 4.57 Å². The summed E-state index contributed by atoms with van der Waals surface area (Å²) in [5.74, 6) is 1.62. The topological polar surface area (TPSA) is 43.9 Å². The Labute approximate surface area is 112 Å². The molecule has 0 bridgehead atoms. The van der Waals surface area contributed by atoms with E-state index >= 15 is 0 Å². The van der Waals surface area contributed by atoms with E-state index in [2.05, 4.69) is 36.8 Å². The molecule has 0 amide bonds. The van der Waals surface area contributed by atoms with Crippen molar-refractivity contribution in [3.8, 4) is 5.88 Å². The highest BCUT2D eigenvalue weighted by atomic mass is 16.3. The van der Waals surface area contributed by atoms with E-state index in [1.807, 2.05) is 29.8 Å². The number of hydrogen-bond donors (Lipinski definition) is 0. The fourth-order valence-corrected chi connectivity index (χ4v) is 2.15. The number of imidazole rings is 1. The maximum absolute atomic E-state index is 5.45. The standard InChI is InChI=1S/C15H17N3O/c1-10-17-12-8-11(15(2,3)4)9-16-14(12)18(10)13-6-5-7-19-13/h5-9H,1-4H3. The Hall–Kier alpha value is -2.10. The molecule has 0 aromatic carbocycles. The summed E-state index contributed by atoms with van der Waals surface area (Å²) in [5.41, 5.74) is 3.00. The van der Waals surface area contributed by atoms with Crippen LogP contribution in [0.5, 0.6) is 0 Å². The van der Waals surface area contributed by atoms with Gasteiger partial charge in [-0.1, -0.05) is 20.8 Å². The van der Waals surface area contributed by atoms with Crippen LogP contribution in [-0.2, 0) is 5.41 Å². The van der Waals surface area contributed by atoms with E-state index in [4.69, 9.17) is 4.42 Å². The Morgan fingerprint density at radius 1 is 1.26 bits per heavy atom. The van der Waals surface area contributed by atoms with Crippen LogP contribution in [0.3, 0.4) is 0 Å². The van der Waals surface area contributed by atoms with Crippen molar-refractivity contribution in [1.82, 2.24) is 14.5 Å². The predicted molar refractivity (Wildman–Crippen MR) is 74.6 cm³/mol. The summed E-state index contributed by atoms with van der Waals surface area (Å²) in [5, 5.41) is 0. The first-order valence-electron chi connectivity index (χ1n) is 6.36. The first-order chi connectivity index (χ1) is 8.97. The van der Waals surface area contributed by atoms with Crippen molar-refractivity contribution in [3.05, 3.63) is 42.0 Å². The average Bonchev–Trinajstić information content (AvgIpc) is 2.92. The Morgan fingerprint density at radius 2 is 2.05 bits per heavy atom. The molecule has 4 heteroatoms. The monoisotopic (exact) mass is 255 g/mol. The third-order valence-electron chi connectivity index (χ3n) is 3.26. The van der Waals surface area contributed by atoms with Gasteiger partial charge in [0, 0.05) is 12.3 Å². The van der Waals surface area contributed by atoms with Gasteiger partial charge in [-0.05, 0) is 30.0 Å². The summed E-state index contributed by atoms with van der Waals surface area (Å²) in [4.78, 5) is 9.15. The first kappa shape index (κ1) is 12.0. The summed E-state index contributed by atoms with van der Waals surface area (Å²) in [6, 6.07) is 5.88. The zero-order chi connectivity index (χ0) is 13.6. The summed E-state index contributed by atoms with van der Waals surface area (Å²) in [7, 11) is 0. The normalized spacial score (nSPS) is 12.2. The molecule has 0 fully saturated rings. The van der Waals surface area contributed by atoms with Crippen LogP contribution in [0.2, 0.25) is 0 Å². The predicted octanol–water partition coefficient (Wildman–Crippen LogP) is 3.62. The molecule has 98 valence electrons. The van der Waals surface area contributed by atoms with Gasteiger partial charge in [-0.2, -0.15) is 0 Å². The van der Waals surface area contributed by atoms with Crippen molar-refractivity contribution in [2.45, 2.75) is 33.1 Å². The molecule has 19 heavy (non-hydrogen) atoms. The maximum atomic E-state index is 5.45. The highest BCUT2D eigenvalue weighted by molar-refractivity contribution is 5.74. The lowest BCUT2D eigenvalue weighted by molar-refractivity contribution is 0.538. The summed E-state index contributed by atoms with van der Waals surface area (Å²) < 4.78 is 7.38. The SMILES string of the molecule is Cc1nc2cc(C(C)(C)C)cnc2n1-c1ccco1. The Bertz CT molecular complexity index is 718. The van der Waals surface area contributed by atoms with Gasteiger partial charge in [0.15, 0.2) is 5.65 Å². The number of aromatic nitrogens is 3. The van der Waals surface area contributed by atoms with Gasteiger partial charge in [-0.15, -0.1) is 0 Å². The number of fused-ring (bicyclic) bond motifs is 1. The summed E-state index contributed by atoms with van der Waals surface area (Å²) >= 11 is 0. The van der Waals surface area contributed by atoms with E-state index in [1.54, 1.807) is 6.26 Å². The number of hydrogen-bond acceptors (Lipinski definition) is 3. The van der Waals surface area contributed by atoms with Crippen LogP contribution in [0, 0.1) is 6.92 Å². The molecule has 3 aromatic heterocycles. The van der Waals surface area contributed by atoms with E-state index < -0.39 is 0 Å². The molecular formula is C15H17N3O. The van der Waals surface area contributed by atoms with Gasteiger partial charge in [0.05, 0.1) is 6.26 Å². The van der Waals surface area contributed by atoms with Crippen LogP contribution < -0.4 is 0 Å². The number of rotatable bonds is 1. The molecule has 3 rings (SSSR count). The Kier molecular flexibility index (Phi) is 2.49. The molecule has 0 atom stereocenters. The number of pyridine rings is 1. The van der Waals surface area contributed by atoms with E-state index in [9.17, 15) is 0 Å². The number of nitrogens with zero attached hydrogens (tertiary/aromatic N) is 3. The van der Waals surface area contributed by atoms with Crippen LogP contribution in [0.15, 0.2) is 35.1 Å². The Morgan fingerprint density at radius 3 is 2.68 bits per heavy atom. The molecular weight excluding hydrogens is 238 g/mol. The molecule has 0 saturated heterocycles. The molecule has 0 spiro atoms. The molecule has 0 aliphatic rings. The maximum Gasteiger partial charge on any atom is 0.206 e. The second kappa shape index (κ2) is 3.95. The number of furan rings is 1. The van der Waals surface area contributed by atoms with Gasteiger partial charge in [0.1, 0.15) is 11.3 Å². The second-order valence-electron chi connectivity index (χ2n) is 5.76. The fraction of sp³-hybridized carbons (Fsp3) is 0.333. The molecule has 3 aromatic rings. The van der Waals surface area contributed by atoms with E-state index in [0.29, 0.717) is 0 Å². The highest BCUT2D eigenvalue weighted by Crippen LogP contribution is 2.26. The zero-order valence-electron chi connectivity index (χ0n) is 11.6. The molecule has 0 saturated carbocycles. The minimum Gasteiger partial charge on any atom is -0.448 e. The Balaban J connectivity index is 2.24. The lowest BCUT2D eigenvalue weighted by Gasteiger charge is -2.17. The van der Waals surface area contributed by atoms with Crippen molar-refractivity contribution < 1.29 is 4.42 Å². The molecule has 0 N–H and O–H groups in total. The average molecular weight is 255 g/mol. The quantitative estimate of drug-likeness (QED) is 0.667. The molecule has 0 unspecified atom stereocenters. The smallest absolute Gasteiger partial charge is 0.206 e. The lowest BCUT2D eigenvalue weighted by atomic mass is 9.88. The van der Waals surface area contributed by atoms with Crippen molar-refractivity contribution in [2.75, 3.05) is 0 Å². The van der Waals surface area contributed by atoms with Gasteiger partial charge in [0.25, 0.3) is 0 Å². The molecule has 3 heterocycles. The lowest BCUT2D eigenvalue weighted by Crippen LogP contribution is -2.11. The van der Waals surface area contributed by atoms with E-state index in [1.165, 1.54) is 5.56 Å². The summed E-state index contributed by atoms with van der Waals surface area (Å²) in [6.07, 6.45) is 3.58. The molecule has 4 nitrogen and oxygen atoms in total. The minimum absolute atomic E-state index is 0.0730. The minimum atomic E-state index is 0.0730. The molecule has 0 radical (unpaired) electrons. The largest absolute Gasteiger partial charge is 0.448 e. The fourth-order valence-electron chi connectivity index (χ4n) is 2.15. The number of aryl methyl sites for hydroxylation is 1. The summed E-state index contributed by atoms with van der Waals surface area (Å²) in [6.45, 7) is 8.48. The van der Waals surface area contributed by atoms with Crippen molar-refractivity contribution in [1.29, 1.82) is 0 Å². The van der Waals surface area contributed by atoms with E-state index in [-0.39, 0.29) is 5.41 Å². The van der Waals surface area contributed by atoms with Crippen LogP contribution in [0.25, 0.3) is 17.0 Å². The van der Waals surface area contributed by atoms with Crippen molar-refractivity contribution in [3.63, 3.8) is 0 Å². The van der Waals surface area contributed by atoms with Crippen LogP contribution >= 0.6 is 0 Å². The van der Waals surface area contributed by atoms with Gasteiger partial charge in [0.2, 0.25) is 5.88 Å². The molecule has 0 aliphatic heterocycles.